The average molecular weight is 173 g/mol. The number of nitrogens with one attached hydrogen (secondary N) is 1. The van der Waals surface area contributed by atoms with Crippen LogP contribution in [0.15, 0.2) is 0 Å². The molecule has 0 radical (unpaired) electrons. The topological polar surface area (TPSA) is 38.3 Å². The highest BCUT2D eigenvalue weighted by molar-refractivity contribution is 5.75. The lowest BCUT2D eigenvalue weighted by molar-refractivity contribution is -0.143. The third-order valence-electron chi connectivity index (χ3n) is 1.60. The van der Waals surface area contributed by atoms with E-state index in [1.165, 1.54) is 7.11 Å². The summed E-state index contributed by atoms with van der Waals surface area (Å²) in [5.74, 6) is -0.162. The molecule has 1 atom stereocenters. The van der Waals surface area contributed by atoms with Gasteiger partial charge in [0, 0.05) is 6.04 Å². The van der Waals surface area contributed by atoms with E-state index in [1.54, 1.807) is 0 Å². The second-order valence-corrected chi connectivity index (χ2v) is 3.19. The van der Waals surface area contributed by atoms with E-state index in [0.717, 1.165) is 12.8 Å². The van der Waals surface area contributed by atoms with Gasteiger partial charge in [-0.25, -0.2) is 0 Å². The lowest BCUT2D eigenvalue weighted by Crippen LogP contribution is -2.41. The van der Waals surface area contributed by atoms with E-state index in [2.05, 4.69) is 17.0 Å². The Balaban J connectivity index is 3.94. The second kappa shape index (κ2) is 6.00. The van der Waals surface area contributed by atoms with Crippen molar-refractivity contribution >= 4 is 5.97 Å². The molecule has 0 bridgehead atoms. The minimum absolute atomic E-state index is 0.139. The molecule has 12 heavy (non-hydrogen) atoms. The molecular weight excluding hydrogens is 154 g/mol. The van der Waals surface area contributed by atoms with E-state index < -0.39 is 0 Å². The van der Waals surface area contributed by atoms with Gasteiger partial charge in [-0.1, -0.05) is 27.2 Å². The monoisotopic (exact) mass is 173 g/mol. The molecule has 0 aliphatic carbocycles. The molecular formula is C9H19NO2. The third kappa shape index (κ3) is 4.34. The van der Waals surface area contributed by atoms with Crippen molar-refractivity contribution in [2.45, 2.75) is 45.7 Å². The number of carbonyl (C=O) groups is 1. The smallest absolute Gasteiger partial charge is 0.322 e. The Labute approximate surface area is 74.5 Å². The Kier molecular flexibility index (Phi) is 5.72. The van der Waals surface area contributed by atoms with Crippen LogP contribution in [-0.2, 0) is 9.53 Å². The minimum atomic E-state index is -0.162. The summed E-state index contributed by atoms with van der Waals surface area (Å²) in [6.45, 7) is 6.09. The highest BCUT2D eigenvalue weighted by atomic mass is 16.5. The van der Waals surface area contributed by atoms with Gasteiger partial charge < -0.3 is 10.1 Å². The first-order valence-corrected chi connectivity index (χ1v) is 4.45. The first-order chi connectivity index (χ1) is 5.61. The van der Waals surface area contributed by atoms with Crippen LogP contribution in [0.5, 0.6) is 0 Å². The third-order valence-corrected chi connectivity index (χ3v) is 1.60. The van der Waals surface area contributed by atoms with Gasteiger partial charge in [-0.05, 0) is 6.42 Å². The first kappa shape index (κ1) is 11.4. The summed E-state index contributed by atoms with van der Waals surface area (Å²) in [4.78, 5) is 11.2. The maximum Gasteiger partial charge on any atom is 0.322 e. The SMILES string of the molecule is CCC[C@@H](NC(C)C)C(=O)OC. The molecule has 1 N–H and O–H groups in total. The lowest BCUT2D eigenvalue weighted by atomic mass is 10.1. The van der Waals surface area contributed by atoms with E-state index >= 15 is 0 Å². The highest BCUT2D eigenvalue weighted by Crippen LogP contribution is 2.00. The van der Waals surface area contributed by atoms with Crippen LogP contribution in [0.1, 0.15) is 33.6 Å². The van der Waals surface area contributed by atoms with Crippen LogP contribution >= 0.6 is 0 Å². The second-order valence-electron chi connectivity index (χ2n) is 3.19. The average Bonchev–Trinajstić information content (AvgIpc) is 2.01. The molecule has 0 aromatic rings. The zero-order valence-electron chi connectivity index (χ0n) is 8.39. The summed E-state index contributed by atoms with van der Waals surface area (Å²) in [5.41, 5.74) is 0. The molecule has 0 aromatic heterocycles. The zero-order valence-corrected chi connectivity index (χ0v) is 8.39. The molecule has 0 aromatic carbocycles. The summed E-state index contributed by atoms with van der Waals surface area (Å²) < 4.78 is 4.66. The van der Waals surface area contributed by atoms with Crippen LogP contribution in [-0.4, -0.2) is 25.2 Å². The molecule has 3 nitrogen and oxygen atoms in total. The summed E-state index contributed by atoms with van der Waals surface area (Å²) in [6.07, 6.45) is 1.82. The van der Waals surface area contributed by atoms with E-state index in [4.69, 9.17) is 0 Å². The van der Waals surface area contributed by atoms with Gasteiger partial charge in [0.15, 0.2) is 0 Å². The van der Waals surface area contributed by atoms with Crippen LogP contribution < -0.4 is 5.32 Å². The van der Waals surface area contributed by atoms with Crippen molar-refractivity contribution in [3.63, 3.8) is 0 Å². The fraction of sp³-hybridized carbons (Fsp3) is 0.889. The number of esters is 1. The molecule has 0 spiro atoms. The Hall–Kier alpha value is -0.570. The largest absolute Gasteiger partial charge is 0.468 e. The molecule has 72 valence electrons. The van der Waals surface area contributed by atoms with Gasteiger partial charge in [-0.15, -0.1) is 0 Å². The summed E-state index contributed by atoms with van der Waals surface area (Å²) >= 11 is 0. The molecule has 0 rings (SSSR count). The van der Waals surface area contributed by atoms with Crippen LogP contribution in [0.2, 0.25) is 0 Å². The molecule has 0 saturated carbocycles. The predicted octanol–water partition coefficient (Wildman–Crippen LogP) is 1.33. The molecule has 0 unspecified atom stereocenters. The Bertz CT molecular complexity index is 134. The molecule has 0 amide bonds. The quantitative estimate of drug-likeness (QED) is 0.637. The number of methoxy groups -OCH3 is 1. The number of hydrogen-bond donors (Lipinski definition) is 1. The maximum atomic E-state index is 11.2. The number of carbonyl (C=O) groups excluding carboxylic acids is 1. The van der Waals surface area contributed by atoms with Crippen LogP contribution in [0.4, 0.5) is 0 Å². The van der Waals surface area contributed by atoms with Gasteiger partial charge in [0.1, 0.15) is 6.04 Å². The summed E-state index contributed by atoms with van der Waals surface area (Å²) in [7, 11) is 1.42. The zero-order chi connectivity index (χ0) is 9.56. The van der Waals surface area contributed by atoms with Crippen molar-refractivity contribution in [3.8, 4) is 0 Å². The van der Waals surface area contributed by atoms with Crippen molar-refractivity contribution in [3.05, 3.63) is 0 Å². The van der Waals surface area contributed by atoms with Gasteiger partial charge in [0.05, 0.1) is 7.11 Å². The van der Waals surface area contributed by atoms with Crippen LogP contribution in [0.3, 0.4) is 0 Å². The minimum Gasteiger partial charge on any atom is -0.468 e. The normalized spacial score (nSPS) is 13.1. The van der Waals surface area contributed by atoms with E-state index in [9.17, 15) is 4.79 Å². The summed E-state index contributed by atoms with van der Waals surface area (Å²) in [5, 5.41) is 3.16. The molecule has 0 aliphatic heterocycles. The standard InChI is InChI=1S/C9H19NO2/c1-5-6-8(9(11)12-4)10-7(2)3/h7-8,10H,5-6H2,1-4H3/t8-/m1/s1. The molecule has 0 heterocycles. The van der Waals surface area contributed by atoms with Gasteiger partial charge in [-0.3, -0.25) is 4.79 Å². The van der Waals surface area contributed by atoms with Crippen molar-refractivity contribution in [2.24, 2.45) is 0 Å². The van der Waals surface area contributed by atoms with Gasteiger partial charge in [0.2, 0.25) is 0 Å². The van der Waals surface area contributed by atoms with Crippen LogP contribution in [0, 0.1) is 0 Å². The van der Waals surface area contributed by atoms with Crippen LogP contribution in [0.25, 0.3) is 0 Å². The summed E-state index contributed by atoms with van der Waals surface area (Å²) in [6, 6.07) is 0.181. The van der Waals surface area contributed by atoms with E-state index in [1.807, 2.05) is 13.8 Å². The van der Waals surface area contributed by atoms with E-state index in [-0.39, 0.29) is 12.0 Å². The Morgan fingerprint density at radius 2 is 2.08 bits per heavy atom. The molecule has 3 heteroatoms. The van der Waals surface area contributed by atoms with E-state index in [0.29, 0.717) is 6.04 Å². The van der Waals surface area contributed by atoms with Crippen molar-refractivity contribution in [1.82, 2.24) is 5.32 Å². The maximum absolute atomic E-state index is 11.2. The van der Waals surface area contributed by atoms with Gasteiger partial charge in [0.25, 0.3) is 0 Å². The van der Waals surface area contributed by atoms with Crippen molar-refractivity contribution < 1.29 is 9.53 Å². The fourth-order valence-corrected chi connectivity index (χ4v) is 1.10. The Morgan fingerprint density at radius 1 is 1.50 bits per heavy atom. The highest BCUT2D eigenvalue weighted by Gasteiger charge is 2.17. The fourth-order valence-electron chi connectivity index (χ4n) is 1.10. The van der Waals surface area contributed by atoms with Crippen molar-refractivity contribution in [2.75, 3.05) is 7.11 Å². The lowest BCUT2D eigenvalue weighted by Gasteiger charge is -2.17. The first-order valence-electron chi connectivity index (χ1n) is 4.45. The molecule has 0 fully saturated rings. The number of ether oxygens (including phenoxy) is 1. The van der Waals surface area contributed by atoms with Crippen molar-refractivity contribution in [1.29, 1.82) is 0 Å². The molecule has 0 saturated heterocycles. The number of rotatable bonds is 5. The van der Waals surface area contributed by atoms with Gasteiger partial charge in [-0.2, -0.15) is 0 Å². The number of hydrogen-bond acceptors (Lipinski definition) is 3. The van der Waals surface area contributed by atoms with Gasteiger partial charge >= 0.3 is 5.97 Å². The molecule has 0 aliphatic rings. The Morgan fingerprint density at radius 3 is 2.42 bits per heavy atom. The predicted molar refractivity (Wildman–Crippen MR) is 49.0 cm³/mol.